The van der Waals surface area contributed by atoms with Crippen LogP contribution in [0.1, 0.15) is 60.2 Å². The van der Waals surface area contributed by atoms with Crippen molar-refractivity contribution in [1.82, 2.24) is 19.8 Å². The van der Waals surface area contributed by atoms with E-state index in [2.05, 4.69) is 9.97 Å². The molecule has 2 unspecified atom stereocenters. The van der Waals surface area contributed by atoms with Crippen LogP contribution in [0.5, 0.6) is 0 Å². The second kappa shape index (κ2) is 10.1. The first-order chi connectivity index (χ1) is 17.9. The van der Waals surface area contributed by atoms with E-state index >= 15 is 4.39 Å². The van der Waals surface area contributed by atoms with Gasteiger partial charge in [-0.05, 0) is 36.5 Å². The average molecular weight is 513 g/mol. The maximum Gasteiger partial charge on any atom is 0.409 e. The van der Waals surface area contributed by atoms with Gasteiger partial charge in [0.05, 0.1) is 12.2 Å². The quantitative estimate of drug-likeness (QED) is 0.434. The van der Waals surface area contributed by atoms with Gasteiger partial charge in [-0.1, -0.05) is 36.8 Å². The molecular formula is C27H27F3N4O3. The zero-order valence-corrected chi connectivity index (χ0v) is 20.3. The number of ether oxygens (including phenoxy) is 1. The molecule has 0 radical (unpaired) electrons. The third kappa shape index (κ3) is 4.34. The fourth-order valence-corrected chi connectivity index (χ4v) is 6.02. The molecule has 1 amide bonds. The lowest BCUT2D eigenvalue weighted by Gasteiger charge is -2.56. The molecule has 0 bridgehead atoms. The molecule has 10 heteroatoms. The van der Waals surface area contributed by atoms with Crippen molar-refractivity contribution in [3.05, 3.63) is 94.8 Å². The molecule has 1 fully saturated rings. The molecule has 1 saturated carbocycles. The van der Waals surface area contributed by atoms with Gasteiger partial charge in [-0.25, -0.2) is 32.8 Å². The van der Waals surface area contributed by atoms with Crippen molar-refractivity contribution in [3.63, 3.8) is 0 Å². The lowest BCUT2D eigenvalue weighted by Crippen LogP contribution is -2.65. The van der Waals surface area contributed by atoms with Crippen molar-refractivity contribution in [1.29, 1.82) is 0 Å². The highest BCUT2D eigenvalue weighted by Gasteiger charge is 2.57. The van der Waals surface area contributed by atoms with Gasteiger partial charge in [0.2, 0.25) is 0 Å². The molecule has 1 aliphatic carbocycles. The summed E-state index contributed by atoms with van der Waals surface area (Å²) in [6.45, 7) is 0.226. The molecule has 2 aliphatic rings. The number of methoxy groups -OCH3 is 1. The van der Waals surface area contributed by atoms with Crippen molar-refractivity contribution in [2.45, 2.75) is 56.6 Å². The summed E-state index contributed by atoms with van der Waals surface area (Å²) in [4.78, 5) is 24.7. The van der Waals surface area contributed by atoms with Gasteiger partial charge < -0.3 is 9.84 Å². The monoisotopic (exact) mass is 512 g/mol. The van der Waals surface area contributed by atoms with Gasteiger partial charge in [0, 0.05) is 37.4 Å². The van der Waals surface area contributed by atoms with Gasteiger partial charge in [0.15, 0.2) is 11.6 Å². The van der Waals surface area contributed by atoms with Crippen LogP contribution in [0.15, 0.2) is 55.0 Å². The maximum absolute atomic E-state index is 15.3. The van der Waals surface area contributed by atoms with Gasteiger partial charge in [0.1, 0.15) is 24.0 Å². The number of hydrogen-bond acceptors (Lipinski definition) is 5. The molecular weight excluding hydrogens is 485 g/mol. The Balaban J connectivity index is 1.73. The zero-order chi connectivity index (χ0) is 26.2. The van der Waals surface area contributed by atoms with E-state index in [0.29, 0.717) is 43.0 Å². The fourth-order valence-electron chi connectivity index (χ4n) is 6.02. The van der Waals surface area contributed by atoms with E-state index in [-0.39, 0.29) is 18.7 Å². The fraction of sp³-hybridized carbons (Fsp3) is 0.370. The predicted molar refractivity (Wildman–Crippen MR) is 128 cm³/mol. The number of carbonyl (C=O) groups is 1. The number of fused-ring (bicyclic) bond motifs is 1. The van der Waals surface area contributed by atoms with E-state index in [1.165, 1.54) is 18.3 Å². The number of aromatic nitrogens is 2. The van der Waals surface area contributed by atoms with Crippen LogP contribution < -0.4 is 0 Å². The largest absolute Gasteiger partial charge is 0.465 e. The van der Waals surface area contributed by atoms with Crippen LogP contribution >= 0.6 is 0 Å². The number of halogens is 3. The van der Waals surface area contributed by atoms with Crippen LogP contribution in [-0.4, -0.2) is 43.7 Å². The van der Waals surface area contributed by atoms with E-state index < -0.39 is 41.4 Å². The van der Waals surface area contributed by atoms with Gasteiger partial charge in [0.25, 0.3) is 0 Å². The Bertz CT molecular complexity index is 1300. The second-order valence-corrected chi connectivity index (χ2v) is 9.46. The summed E-state index contributed by atoms with van der Waals surface area (Å²) < 4.78 is 49.6. The topological polar surface area (TPSA) is 78.8 Å². The van der Waals surface area contributed by atoms with Crippen molar-refractivity contribution in [3.8, 4) is 0 Å². The minimum Gasteiger partial charge on any atom is -0.465 e. The first kappa shape index (κ1) is 25.2. The first-order valence-electron chi connectivity index (χ1n) is 12.1. The van der Waals surface area contributed by atoms with Crippen molar-refractivity contribution in [2.75, 3.05) is 7.11 Å². The summed E-state index contributed by atoms with van der Waals surface area (Å²) in [5, 5.41) is 10.6. The Morgan fingerprint density at radius 1 is 1.14 bits per heavy atom. The molecule has 194 valence electrons. The molecule has 0 spiro atoms. The Morgan fingerprint density at radius 2 is 1.89 bits per heavy atom. The van der Waals surface area contributed by atoms with E-state index in [1.807, 2.05) is 35.2 Å². The standard InChI is InChI=1S/C27H27F3N4O3/c1-37-25-19-13-31-16-32-24(19)15-33(25)27(34(26(35)36)14-17-7-3-2-4-8-17)10-6-5-9-20(27)18-11-22(29)23(30)12-21(18)28/h2-4,7-8,11-13,16,20,25H,5-6,9-10,14-15H2,1H3,(H,35,36)/t20?,25-,27?/m0/s1. The molecule has 2 aromatic carbocycles. The molecule has 1 aromatic heterocycles. The molecule has 3 atom stereocenters. The molecule has 1 aliphatic heterocycles. The molecule has 2 heterocycles. The highest BCUT2D eigenvalue weighted by atomic mass is 19.2. The maximum atomic E-state index is 15.3. The SMILES string of the molecule is CO[C@H]1c2cncnc2CN1C1(N(Cc2ccccc2)C(=O)O)CCCCC1c1cc(F)c(F)cc1F. The highest BCUT2D eigenvalue weighted by molar-refractivity contribution is 5.67. The number of rotatable bonds is 6. The summed E-state index contributed by atoms with van der Waals surface area (Å²) in [6, 6.07) is 10.5. The van der Waals surface area contributed by atoms with Crippen LogP contribution in [0.3, 0.4) is 0 Å². The van der Waals surface area contributed by atoms with Crippen LogP contribution in [0.2, 0.25) is 0 Å². The summed E-state index contributed by atoms with van der Waals surface area (Å²) in [5.74, 6) is -4.19. The predicted octanol–water partition coefficient (Wildman–Crippen LogP) is 5.59. The van der Waals surface area contributed by atoms with Gasteiger partial charge in [-0.3, -0.25) is 4.90 Å². The molecule has 37 heavy (non-hydrogen) atoms. The zero-order valence-electron chi connectivity index (χ0n) is 20.3. The smallest absolute Gasteiger partial charge is 0.409 e. The number of benzene rings is 2. The number of amides is 1. The molecule has 0 saturated heterocycles. The van der Waals surface area contributed by atoms with Crippen molar-refractivity contribution < 1.29 is 27.8 Å². The highest BCUT2D eigenvalue weighted by Crippen LogP contribution is 2.53. The summed E-state index contributed by atoms with van der Waals surface area (Å²) >= 11 is 0. The Labute approximate surface area is 212 Å². The third-order valence-corrected chi connectivity index (χ3v) is 7.56. The third-order valence-electron chi connectivity index (χ3n) is 7.56. The van der Waals surface area contributed by atoms with E-state index in [9.17, 15) is 18.7 Å². The summed E-state index contributed by atoms with van der Waals surface area (Å²) in [7, 11) is 1.51. The Morgan fingerprint density at radius 3 is 2.62 bits per heavy atom. The molecule has 1 N–H and O–H groups in total. The lowest BCUT2D eigenvalue weighted by atomic mass is 9.72. The molecule has 7 nitrogen and oxygen atoms in total. The van der Waals surface area contributed by atoms with Crippen molar-refractivity contribution >= 4 is 6.09 Å². The van der Waals surface area contributed by atoms with Crippen LogP contribution in [-0.2, 0) is 17.8 Å². The van der Waals surface area contributed by atoms with Crippen LogP contribution in [0, 0.1) is 17.5 Å². The van der Waals surface area contributed by atoms with Gasteiger partial charge >= 0.3 is 6.09 Å². The normalized spacial score (nSPS) is 23.6. The average Bonchev–Trinajstić information content (AvgIpc) is 3.29. The minimum absolute atomic E-state index is 0.00687. The summed E-state index contributed by atoms with van der Waals surface area (Å²) in [6.07, 6.45) is 3.12. The minimum atomic E-state index is -1.35. The number of nitrogens with zero attached hydrogens (tertiary/aromatic N) is 4. The second-order valence-electron chi connectivity index (χ2n) is 9.46. The lowest BCUT2D eigenvalue weighted by molar-refractivity contribution is -0.167. The van der Waals surface area contributed by atoms with E-state index in [4.69, 9.17) is 4.74 Å². The Hall–Kier alpha value is -3.50. The Kier molecular flexibility index (Phi) is 6.87. The van der Waals surface area contributed by atoms with E-state index in [0.717, 1.165) is 11.6 Å². The molecule has 3 aromatic rings. The number of hydrogen-bond donors (Lipinski definition) is 1. The van der Waals surface area contributed by atoms with E-state index in [1.54, 1.807) is 6.20 Å². The number of carboxylic acid groups (broad SMARTS) is 1. The summed E-state index contributed by atoms with van der Waals surface area (Å²) in [5.41, 5.74) is 0.678. The van der Waals surface area contributed by atoms with Gasteiger partial charge in [-0.15, -0.1) is 0 Å². The first-order valence-corrected chi connectivity index (χ1v) is 12.1. The van der Waals surface area contributed by atoms with Crippen molar-refractivity contribution in [2.24, 2.45) is 0 Å². The van der Waals surface area contributed by atoms with Crippen LogP contribution in [0.25, 0.3) is 0 Å². The van der Waals surface area contributed by atoms with Crippen LogP contribution in [0.4, 0.5) is 18.0 Å². The van der Waals surface area contributed by atoms with Gasteiger partial charge in [-0.2, -0.15) is 0 Å². The molecule has 5 rings (SSSR count).